The largest absolute Gasteiger partial charge is 0.492 e. The molecular weight excluding hydrogens is 394 g/mol. The highest BCUT2D eigenvalue weighted by molar-refractivity contribution is 7.80. The molecule has 1 amide bonds. The molecule has 0 radical (unpaired) electrons. The van der Waals surface area contributed by atoms with Crippen LogP contribution in [-0.2, 0) is 0 Å². The summed E-state index contributed by atoms with van der Waals surface area (Å²) in [5.74, 6) is 0.416. The van der Waals surface area contributed by atoms with Gasteiger partial charge in [-0.15, -0.1) is 0 Å². The number of amides is 1. The standard InChI is InChI=1S/C20H17N3O5S/c1-2-27-17-9-4-3-8-15(17)21-20(29)22-19(24)18-11-10-16(28-18)13-6-5-7-14(12-13)23(25)26/h3-12H,2H2,1H3,(H2,21,22,24,29). The highest BCUT2D eigenvalue weighted by Gasteiger charge is 2.16. The summed E-state index contributed by atoms with van der Waals surface area (Å²) in [6.45, 7) is 2.36. The fraction of sp³-hybridized carbons (Fsp3) is 0.100. The van der Waals surface area contributed by atoms with Crippen molar-refractivity contribution in [1.29, 1.82) is 0 Å². The average molecular weight is 411 g/mol. The minimum absolute atomic E-state index is 0.0220. The summed E-state index contributed by atoms with van der Waals surface area (Å²) < 4.78 is 11.0. The van der Waals surface area contributed by atoms with Gasteiger partial charge in [0.15, 0.2) is 10.9 Å². The molecule has 0 saturated heterocycles. The number of hydrogen-bond acceptors (Lipinski definition) is 6. The molecule has 0 fully saturated rings. The summed E-state index contributed by atoms with van der Waals surface area (Å²) in [7, 11) is 0. The van der Waals surface area contributed by atoms with E-state index in [-0.39, 0.29) is 16.6 Å². The van der Waals surface area contributed by atoms with Gasteiger partial charge in [-0.3, -0.25) is 20.2 Å². The number of non-ortho nitro benzene ring substituents is 1. The quantitative estimate of drug-likeness (QED) is 0.352. The average Bonchev–Trinajstić information content (AvgIpc) is 3.20. The first-order valence-corrected chi connectivity index (χ1v) is 9.07. The maximum Gasteiger partial charge on any atom is 0.293 e. The van der Waals surface area contributed by atoms with E-state index in [0.717, 1.165) is 0 Å². The number of anilines is 1. The number of nitrogens with zero attached hydrogens (tertiary/aromatic N) is 1. The van der Waals surface area contributed by atoms with E-state index in [1.807, 2.05) is 19.1 Å². The minimum atomic E-state index is -0.548. The first-order chi connectivity index (χ1) is 14.0. The molecule has 0 aliphatic heterocycles. The first kappa shape index (κ1) is 20.0. The van der Waals surface area contributed by atoms with Gasteiger partial charge in [0.2, 0.25) is 0 Å². The van der Waals surface area contributed by atoms with E-state index in [0.29, 0.717) is 29.4 Å². The summed E-state index contributed by atoms with van der Waals surface area (Å²) in [4.78, 5) is 22.8. The molecule has 148 valence electrons. The second-order valence-electron chi connectivity index (χ2n) is 5.81. The third kappa shape index (κ3) is 4.96. The topological polar surface area (TPSA) is 107 Å². The number of rotatable bonds is 6. The SMILES string of the molecule is CCOc1ccccc1NC(=S)NC(=O)c1ccc(-c2cccc([N+](=O)[O-])c2)o1. The molecule has 8 nitrogen and oxygen atoms in total. The lowest BCUT2D eigenvalue weighted by Gasteiger charge is -2.13. The van der Waals surface area contributed by atoms with Crippen LogP contribution in [0.25, 0.3) is 11.3 Å². The van der Waals surface area contributed by atoms with Crippen LogP contribution >= 0.6 is 12.2 Å². The van der Waals surface area contributed by atoms with Crippen molar-refractivity contribution in [1.82, 2.24) is 5.32 Å². The number of ether oxygens (including phenoxy) is 1. The van der Waals surface area contributed by atoms with Gasteiger partial charge in [-0.05, 0) is 43.4 Å². The van der Waals surface area contributed by atoms with Crippen LogP contribution in [0.15, 0.2) is 65.1 Å². The van der Waals surface area contributed by atoms with Gasteiger partial charge in [0.1, 0.15) is 11.5 Å². The molecule has 0 atom stereocenters. The molecule has 1 heterocycles. The van der Waals surface area contributed by atoms with Crippen molar-refractivity contribution in [2.75, 3.05) is 11.9 Å². The molecule has 0 aliphatic carbocycles. The Hall–Kier alpha value is -3.72. The number of nitro groups is 1. The Labute approximate surface area is 171 Å². The zero-order chi connectivity index (χ0) is 20.8. The normalized spacial score (nSPS) is 10.2. The van der Waals surface area contributed by atoms with Crippen LogP contribution in [0, 0.1) is 10.1 Å². The highest BCUT2D eigenvalue weighted by Crippen LogP contribution is 2.26. The number of carbonyl (C=O) groups is 1. The van der Waals surface area contributed by atoms with E-state index in [4.69, 9.17) is 21.4 Å². The van der Waals surface area contributed by atoms with Gasteiger partial charge >= 0.3 is 0 Å². The Balaban J connectivity index is 1.68. The zero-order valence-electron chi connectivity index (χ0n) is 15.4. The number of nitrogens with one attached hydrogen (secondary N) is 2. The third-order valence-electron chi connectivity index (χ3n) is 3.83. The fourth-order valence-corrected chi connectivity index (χ4v) is 2.76. The Morgan fingerprint density at radius 3 is 2.72 bits per heavy atom. The van der Waals surface area contributed by atoms with Crippen LogP contribution in [-0.4, -0.2) is 22.5 Å². The van der Waals surface area contributed by atoms with Crippen LogP contribution < -0.4 is 15.4 Å². The molecule has 3 aromatic rings. The Bertz CT molecular complexity index is 1060. The molecule has 0 saturated carbocycles. The van der Waals surface area contributed by atoms with E-state index in [1.54, 1.807) is 30.3 Å². The van der Waals surface area contributed by atoms with Gasteiger partial charge in [-0.25, -0.2) is 0 Å². The third-order valence-corrected chi connectivity index (χ3v) is 4.04. The number of furan rings is 1. The monoisotopic (exact) mass is 411 g/mol. The number of benzene rings is 2. The van der Waals surface area contributed by atoms with Crippen LogP contribution in [0.4, 0.5) is 11.4 Å². The number of thiocarbonyl (C=S) groups is 1. The van der Waals surface area contributed by atoms with Gasteiger partial charge in [0, 0.05) is 17.7 Å². The first-order valence-electron chi connectivity index (χ1n) is 8.66. The smallest absolute Gasteiger partial charge is 0.293 e. The van der Waals surface area contributed by atoms with Crippen molar-refractivity contribution in [3.05, 3.63) is 76.5 Å². The summed E-state index contributed by atoms with van der Waals surface area (Å²) in [6, 6.07) is 16.2. The molecule has 0 aliphatic rings. The van der Waals surface area contributed by atoms with Crippen molar-refractivity contribution < 1.29 is 18.9 Å². The van der Waals surface area contributed by atoms with Gasteiger partial charge < -0.3 is 14.5 Å². The molecular formula is C20H17N3O5S. The Kier molecular flexibility index (Phi) is 6.20. The second kappa shape index (κ2) is 8.98. The van der Waals surface area contributed by atoms with E-state index < -0.39 is 10.8 Å². The van der Waals surface area contributed by atoms with E-state index in [1.165, 1.54) is 18.2 Å². The number of para-hydroxylation sites is 2. The molecule has 9 heteroatoms. The maximum absolute atomic E-state index is 12.4. The molecule has 29 heavy (non-hydrogen) atoms. The number of carbonyl (C=O) groups excluding carboxylic acids is 1. The predicted molar refractivity (Wildman–Crippen MR) is 112 cm³/mol. The van der Waals surface area contributed by atoms with Gasteiger partial charge in [-0.1, -0.05) is 24.3 Å². The molecule has 0 bridgehead atoms. The highest BCUT2D eigenvalue weighted by atomic mass is 32.1. The molecule has 1 aromatic heterocycles. The van der Waals surface area contributed by atoms with Crippen LogP contribution in [0.5, 0.6) is 5.75 Å². The van der Waals surface area contributed by atoms with Gasteiger partial charge in [-0.2, -0.15) is 0 Å². The van der Waals surface area contributed by atoms with E-state index >= 15 is 0 Å². The predicted octanol–water partition coefficient (Wildman–Crippen LogP) is 4.38. The lowest BCUT2D eigenvalue weighted by atomic mass is 10.1. The van der Waals surface area contributed by atoms with Crippen molar-refractivity contribution in [3.63, 3.8) is 0 Å². The van der Waals surface area contributed by atoms with Crippen molar-refractivity contribution >= 4 is 34.6 Å². The summed E-state index contributed by atoms with van der Waals surface area (Å²) in [6.07, 6.45) is 0. The zero-order valence-corrected chi connectivity index (χ0v) is 16.2. The molecule has 3 rings (SSSR count). The van der Waals surface area contributed by atoms with Crippen LogP contribution in [0.2, 0.25) is 0 Å². The van der Waals surface area contributed by atoms with Crippen LogP contribution in [0.1, 0.15) is 17.5 Å². The van der Waals surface area contributed by atoms with Gasteiger partial charge in [0.25, 0.3) is 11.6 Å². The fourth-order valence-electron chi connectivity index (χ4n) is 2.56. The van der Waals surface area contributed by atoms with Crippen molar-refractivity contribution in [2.24, 2.45) is 0 Å². The molecule has 2 aromatic carbocycles. The summed E-state index contributed by atoms with van der Waals surface area (Å²) >= 11 is 5.19. The van der Waals surface area contributed by atoms with E-state index in [2.05, 4.69) is 10.6 Å². The van der Waals surface area contributed by atoms with E-state index in [9.17, 15) is 14.9 Å². The lowest BCUT2D eigenvalue weighted by Crippen LogP contribution is -2.34. The minimum Gasteiger partial charge on any atom is -0.492 e. The molecule has 0 unspecified atom stereocenters. The summed E-state index contributed by atoms with van der Waals surface area (Å²) in [5.41, 5.74) is 1.05. The molecule has 2 N–H and O–H groups in total. The summed E-state index contributed by atoms with van der Waals surface area (Å²) in [5, 5.41) is 16.4. The number of nitro benzene ring substituents is 1. The van der Waals surface area contributed by atoms with Crippen LogP contribution in [0.3, 0.4) is 0 Å². The second-order valence-corrected chi connectivity index (χ2v) is 6.22. The van der Waals surface area contributed by atoms with Crippen molar-refractivity contribution in [2.45, 2.75) is 6.92 Å². The molecule has 0 spiro atoms. The van der Waals surface area contributed by atoms with Gasteiger partial charge in [0.05, 0.1) is 17.2 Å². The maximum atomic E-state index is 12.4. The lowest BCUT2D eigenvalue weighted by molar-refractivity contribution is -0.384. The number of hydrogen-bond donors (Lipinski definition) is 2. The Morgan fingerprint density at radius 1 is 1.17 bits per heavy atom. The van der Waals surface area contributed by atoms with Crippen molar-refractivity contribution in [3.8, 4) is 17.1 Å². The Morgan fingerprint density at radius 2 is 1.97 bits per heavy atom.